The molecule has 0 unspecified atom stereocenters. The summed E-state index contributed by atoms with van der Waals surface area (Å²) in [6, 6.07) is 15.8. The van der Waals surface area contributed by atoms with Crippen LogP contribution in [-0.2, 0) is 6.54 Å². The van der Waals surface area contributed by atoms with Gasteiger partial charge in [-0.15, -0.1) is 0 Å². The second kappa shape index (κ2) is 13.5. The van der Waals surface area contributed by atoms with E-state index in [9.17, 15) is 0 Å². The van der Waals surface area contributed by atoms with Gasteiger partial charge < -0.3 is 4.57 Å². The van der Waals surface area contributed by atoms with Crippen molar-refractivity contribution in [2.24, 2.45) is 0 Å². The molecule has 1 heterocycles. The minimum atomic E-state index is 0.211. The molecule has 0 aliphatic heterocycles. The van der Waals surface area contributed by atoms with Gasteiger partial charge in [-0.1, -0.05) is 116 Å². The van der Waals surface area contributed by atoms with Gasteiger partial charge >= 0.3 is 0 Å². The number of aromatic nitrogens is 2. The first kappa shape index (κ1) is 23.6. The van der Waals surface area contributed by atoms with Crippen LogP contribution < -0.4 is 10.9 Å². The highest BCUT2D eigenvalue weighted by atomic mass is 35.5. The molecular weight excluding hydrogens is 398 g/mol. The Labute approximate surface area is 186 Å². The van der Waals surface area contributed by atoms with Gasteiger partial charge in [0, 0.05) is 29.0 Å². The van der Waals surface area contributed by atoms with Crippen molar-refractivity contribution in [3.63, 3.8) is 0 Å². The van der Waals surface area contributed by atoms with E-state index < -0.39 is 0 Å². The van der Waals surface area contributed by atoms with Crippen LogP contribution in [0.15, 0.2) is 67.3 Å². The van der Waals surface area contributed by atoms with Crippen LogP contribution in [0.2, 0.25) is 16.9 Å². The molecule has 1 aromatic heterocycles. The molecule has 29 heavy (non-hydrogen) atoms. The number of hydrogen-bond donors (Lipinski definition) is 0. The molecule has 5 heteroatoms. The number of imidazole rings is 1. The van der Waals surface area contributed by atoms with Gasteiger partial charge in [0.05, 0.1) is 6.33 Å². The lowest BCUT2D eigenvalue weighted by Gasteiger charge is -2.12. The molecule has 0 fully saturated rings. The van der Waals surface area contributed by atoms with E-state index in [4.69, 9.17) is 23.2 Å². The first-order valence-corrected chi connectivity index (χ1v) is 11.3. The van der Waals surface area contributed by atoms with E-state index in [2.05, 4.69) is 23.3 Å². The fourth-order valence-corrected chi connectivity index (χ4v) is 3.91. The standard InChI is InChI=1S/C13H11BCl2.C11H20N2/c1-14(10-6-2-4-8-12(10)15)11-7-3-5-9-13(11)16;1-2-3-4-5-6-7-9-13-10-8-12-11-13/h2-9H,1H3;8,10-11H,2-7,9H2,1H3. The van der Waals surface area contributed by atoms with E-state index in [1.165, 1.54) is 38.5 Å². The van der Waals surface area contributed by atoms with Gasteiger partial charge in [0.1, 0.15) is 0 Å². The number of nitrogens with zero attached hydrogens (tertiary/aromatic N) is 2. The molecule has 2 aromatic carbocycles. The summed E-state index contributed by atoms with van der Waals surface area (Å²) in [5, 5.41) is 1.57. The van der Waals surface area contributed by atoms with Crippen molar-refractivity contribution < 1.29 is 0 Å². The highest BCUT2D eigenvalue weighted by molar-refractivity contribution is 6.87. The molecule has 0 saturated carbocycles. The van der Waals surface area contributed by atoms with Crippen molar-refractivity contribution >= 4 is 40.8 Å². The lowest BCUT2D eigenvalue weighted by molar-refractivity contribution is 0.558. The quantitative estimate of drug-likeness (QED) is 0.281. The first-order chi connectivity index (χ1) is 14.1. The van der Waals surface area contributed by atoms with Gasteiger partial charge in [-0.2, -0.15) is 0 Å². The zero-order chi connectivity index (χ0) is 20.9. The zero-order valence-electron chi connectivity index (χ0n) is 17.5. The Balaban J connectivity index is 0.000000212. The second-order valence-corrected chi connectivity index (χ2v) is 8.15. The van der Waals surface area contributed by atoms with Crippen molar-refractivity contribution in [2.45, 2.75) is 58.8 Å². The van der Waals surface area contributed by atoms with Crippen molar-refractivity contribution in [2.75, 3.05) is 0 Å². The fraction of sp³-hybridized carbons (Fsp3) is 0.375. The summed E-state index contributed by atoms with van der Waals surface area (Å²) in [7, 11) is 0. The number of hydrogen-bond acceptors (Lipinski definition) is 1. The average molecular weight is 429 g/mol. The Morgan fingerprint density at radius 3 is 1.90 bits per heavy atom. The third-order valence-electron chi connectivity index (χ3n) is 5.07. The van der Waals surface area contributed by atoms with Crippen LogP contribution in [0.4, 0.5) is 0 Å². The molecule has 0 N–H and O–H groups in total. The van der Waals surface area contributed by atoms with Crippen LogP contribution in [0.1, 0.15) is 45.4 Å². The third kappa shape index (κ3) is 8.28. The molecular formula is C24H31BCl2N2. The van der Waals surface area contributed by atoms with Crippen LogP contribution in [0.3, 0.4) is 0 Å². The van der Waals surface area contributed by atoms with E-state index >= 15 is 0 Å². The van der Waals surface area contributed by atoms with Gasteiger partial charge in [0.2, 0.25) is 6.71 Å². The highest BCUT2D eigenvalue weighted by Crippen LogP contribution is 2.10. The van der Waals surface area contributed by atoms with E-state index in [0.29, 0.717) is 0 Å². The number of rotatable bonds is 9. The van der Waals surface area contributed by atoms with Crippen molar-refractivity contribution in [1.82, 2.24) is 9.55 Å². The van der Waals surface area contributed by atoms with E-state index in [1.807, 2.05) is 67.3 Å². The summed E-state index contributed by atoms with van der Waals surface area (Å²) in [4.78, 5) is 4.01. The van der Waals surface area contributed by atoms with Crippen molar-refractivity contribution in [3.8, 4) is 0 Å². The summed E-state index contributed by atoms with van der Waals surface area (Å²) in [6.45, 7) is 5.71. The normalized spacial score (nSPS) is 10.3. The summed E-state index contributed by atoms with van der Waals surface area (Å²) in [6.07, 6.45) is 13.9. The summed E-state index contributed by atoms with van der Waals surface area (Å²) in [5.41, 5.74) is 2.22. The maximum absolute atomic E-state index is 6.18. The molecule has 0 amide bonds. The lowest BCUT2D eigenvalue weighted by Crippen LogP contribution is -2.40. The summed E-state index contributed by atoms with van der Waals surface area (Å²) in [5.74, 6) is 0. The average Bonchev–Trinajstić information content (AvgIpc) is 3.25. The molecule has 0 radical (unpaired) electrons. The fourth-order valence-electron chi connectivity index (χ4n) is 3.31. The molecule has 0 spiro atoms. The van der Waals surface area contributed by atoms with Gasteiger partial charge in [-0.25, -0.2) is 4.98 Å². The minimum Gasteiger partial charge on any atom is -0.337 e. The Bertz CT molecular complexity index is 776. The number of unbranched alkanes of at least 4 members (excludes halogenated alkanes) is 5. The van der Waals surface area contributed by atoms with Crippen molar-refractivity contribution in [1.29, 1.82) is 0 Å². The largest absolute Gasteiger partial charge is 0.337 e. The van der Waals surface area contributed by atoms with E-state index in [0.717, 1.165) is 27.5 Å². The maximum atomic E-state index is 6.18. The Kier molecular flexibility index (Phi) is 11.0. The van der Waals surface area contributed by atoms with E-state index in [1.54, 1.807) is 0 Å². The molecule has 0 aliphatic carbocycles. The predicted molar refractivity (Wildman–Crippen MR) is 129 cm³/mol. The van der Waals surface area contributed by atoms with Crippen LogP contribution in [0, 0.1) is 0 Å². The van der Waals surface area contributed by atoms with Crippen molar-refractivity contribution in [3.05, 3.63) is 77.3 Å². The number of halogens is 2. The summed E-state index contributed by atoms with van der Waals surface area (Å²) >= 11 is 12.4. The zero-order valence-corrected chi connectivity index (χ0v) is 19.0. The maximum Gasteiger partial charge on any atom is 0.210 e. The summed E-state index contributed by atoms with van der Waals surface area (Å²) < 4.78 is 2.15. The third-order valence-corrected chi connectivity index (χ3v) is 5.76. The molecule has 2 nitrogen and oxygen atoms in total. The molecule has 154 valence electrons. The number of benzene rings is 2. The van der Waals surface area contributed by atoms with Gasteiger partial charge in [0.25, 0.3) is 0 Å². The Morgan fingerprint density at radius 2 is 1.38 bits per heavy atom. The first-order valence-electron chi connectivity index (χ1n) is 10.6. The number of aryl methyl sites for hydroxylation is 1. The van der Waals surface area contributed by atoms with Crippen LogP contribution >= 0.6 is 23.2 Å². The van der Waals surface area contributed by atoms with Gasteiger partial charge in [0.15, 0.2) is 0 Å². The smallest absolute Gasteiger partial charge is 0.210 e. The monoisotopic (exact) mass is 428 g/mol. The molecule has 0 bridgehead atoms. The van der Waals surface area contributed by atoms with Crippen LogP contribution in [0.25, 0.3) is 0 Å². The lowest BCUT2D eigenvalue weighted by atomic mass is 9.42. The van der Waals surface area contributed by atoms with Gasteiger partial charge in [-0.05, 0) is 18.6 Å². The van der Waals surface area contributed by atoms with Gasteiger partial charge in [-0.3, -0.25) is 0 Å². The molecule has 0 saturated heterocycles. The second-order valence-electron chi connectivity index (χ2n) is 7.33. The molecule has 3 aromatic rings. The highest BCUT2D eigenvalue weighted by Gasteiger charge is 2.17. The van der Waals surface area contributed by atoms with Crippen LogP contribution in [0.5, 0.6) is 0 Å². The molecule has 0 atom stereocenters. The van der Waals surface area contributed by atoms with Crippen LogP contribution in [-0.4, -0.2) is 16.3 Å². The Morgan fingerprint density at radius 1 is 0.828 bits per heavy atom. The molecule has 0 aliphatic rings. The topological polar surface area (TPSA) is 17.8 Å². The molecule has 3 rings (SSSR count). The SMILES string of the molecule is CB(c1ccccc1Cl)c1ccccc1Cl.CCCCCCCCn1ccnc1. The predicted octanol–water partition coefficient (Wildman–Crippen LogP) is 6.48. The van der Waals surface area contributed by atoms with E-state index in [-0.39, 0.29) is 6.71 Å². The Hall–Kier alpha value is -1.71. The minimum absolute atomic E-state index is 0.211.